The molecular weight excluding hydrogens is 510 g/mol. The highest BCUT2D eigenvalue weighted by Gasteiger charge is 2.24. The molecule has 0 bridgehead atoms. The average molecular weight is 548 g/mol. The fourth-order valence-corrected chi connectivity index (χ4v) is 5.64. The van der Waals surface area contributed by atoms with Crippen LogP contribution in [0.1, 0.15) is 16.8 Å². The number of hydrogen-bond acceptors (Lipinski definition) is 5. The van der Waals surface area contributed by atoms with E-state index in [1.165, 1.54) is 0 Å². The van der Waals surface area contributed by atoms with Gasteiger partial charge in [-0.15, -0.1) is 6.58 Å². The van der Waals surface area contributed by atoms with Gasteiger partial charge in [0.05, 0.1) is 30.6 Å². The molecule has 0 atom stereocenters. The van der Waals surface area contributed by atoms with Crippen molar-refractivity contribution in [1.29, 1.82) is 0 Å². The second-order valence-corrected chi connectivity index (χ2v) is 16.9. The molecule has 1 N–H and O–H groups in total. The quantitative estimate of drug-likeness (QED) is 0.176. The van der Waals surface area contributed by atoms with Crippen LogP contribution in [0.4, 0.5) is 0 Å². The Labute approximate surface area is 229 Å². The molecule has 1 saturated heterocycles. The van der Waals surface area contributed by atoms with Crippen LogP contribution >= 0.6 is 0 Å². The Morgan fingerprint density at radius 3 is 2.77 bits per heavy atom. The number of aromatic amines is 1. The fourth-order valence-electron chi connectivity index (χ4n) is 4.89. The van der Waals surface area contributed by atoms with Crippen LogP contribution < -0.4 is 5.56 Å². The van der Waals surface area contributed by atoms with Crippen LogP contribution in [0.5, 0.6) is 0 Å². The number of hydrogen-bond donors (Lipinski definition) is 1. The van der Waals surface area contributed by atoms with E-state index in [0.29, 0.717) is 69.2 Å². The van der Waals surface area contributed by atoms with Gasteiger partial charge in [-0.2, -0.15) is 0 Å². The maximum atomic E-state index is 13.8. The van der Waals surface area contributed by atoms with Crippen molar-refractivity contribution in [2.45, 2.75) is 45.4 Å². The third kappa shape index (κ3) is 5.78. The zero-order chi connectivity index (χ0) is 27.6. The normalized spacial score (nSPS) is 14.4. The molecule has 3 aromatic heterocycles. The molecule has 4 heterocycles. The van der Waals surface area contributed by atoms with Crippen molar-refractivity contribution in [2.75, 3.05) is 32.9 Å². The summed E-state index contributed by atoms with van der Waals surface area (Å²) in [5.74, 6) is -0.0691. The van der Waals surface area contributed by atoms with Gasteiger partial charge in [0.25, 0.3) is 11.5 Å². The Hall–Kier alpha value is -3.47. The molecule has 0 spiro atoms. The molecule has 4 aromatic rings. The van der Waals surface area contributed by atoms with E-state index in [1.807, 2.05) is 33.9 Å². The highest BCUT2D eigenvalue weighted by atomic mass is 28.3. The first kappa shape index (κ1) is 27.1. The Morgan fingerprint density at radius 1 is 1.23 bits per heavy atom. The maximum absolute atomic E-state index is 13.8. The first-order valence-electron chi connectivity index (χ1n) is 13.5. The van der Waals surface area contributed by atoms with Gasteiger partial charge in [0.2, 0.25) is 0 Å². The Bertz CT molecular complexity index is 1560. The summed E-state index contributed by atoms with van der Waals surface area (Å²) in [4.78, 5) is 36.5. The molecule has 206 valence electrons. The highest BCUT2D eigenvalue weighted by Crippen LogP contribution is 2.32. The molecule has 1 amide bonds. The lowest BCUT2D eigenvalue weighted by atomic mass is 9.99. The molecule has 0 unspecified atom stereocenters. The van der Waals surface area contributed by atoms with E-state index in [1.54, 1.807) is 23.2 Å². The molecule has 10 heteroatoms. The molecule has 0 aliphatic carbocycles. The van der Waals surface area contributed by atoms with Gasteiger partial charge >= 0.3 is 0 Å². The lowest BCUT2D eigenvalue weighted by Crippen LogP contribution is -2.40. The molecule has 1 fully saturated rings. The maximum Gasteiger partial charge on any atom is 0.274 e. The van der Waals surface area contributed by atoms with Crippen molar-refractivity contribution >= 4 is 35.9 Å². The summed E-state index contributed by atoms with van der Waals surface area (Å²) >= 11 is 0. The zero-order valence-corrected chi connectivity index (χ0v) is 24.0. The number of ether oxygens (including phenoxy) is 2. The lowest BCUT2D eigenvalue weighted by molar-refractivity contribution is 0.0304. The highest BCUT2D eigenvalue weighted by molar-refractivity contribution is 6.76. The van der Waals surface area contributed by atoms with E-state index >= 15 is 0 Å². The van der Waals surface area contributed by atoms with Gasteiger partial charge in [0.15, 0.2) is 0 Å². The minimum Gasteiger partial charge on any atom is -0.378 e. The summed E-state index contributed by atoms with van der Waals surface area (Å²) in [6, 6.07) is 6.94. The third-order valence-electron chi connectivity index (χ3n) is 7.16. The minimum atomic E-state index is -1.22. The number of nitrogens with zero attached hydrogens (tertiary/aromatic N) is 4. The number of allylic oxidation sites excluding steroid dienone is 1. The Kier molecular flexibility index (Phi) is 7.88. The zero-order valence-electron chi connectivity index (χ0n) is 23.0. The van der Waals surface area contributed by atoms with Crippen LogP contribution in [0.15, 0.2) is 54.4 Å². The van der Waals surface area contributed by atoms with Gasteiger partial charge in [-0.25, -0.2) is 4.98 Å². The minimum absolute atomic E-state index is 0.0691. The van der Waals surface area contributed by atoms with Gasteiger partial charge in [0, 0.05) is 57.7 Å². The van der Waals surface area contributed by atoms with Crippen LogP contribution in [-0.4, -0.2) is 70.9 Å². The Morgan fingerprint density at radius 2 is 2.03 bits per heavy atom. The molecule has 0 radical (unpaired) electrons. The number of rotatable bonds is 10. The van der Waals surface area contributed by atoms with Crippen molar-refractivity contribution in [3.8, 4) is 11.1 Å². The molecule has 0 saturated carbocycles. The number of fused-ring (bicyclic) bond motifs is 2. The number of H-pyrrole nitrogens is 1. The molecule has 1 aliphatic rings. The number of nitrogens with one attached hydrogen (secondary N) is 1. The summed E-state index contributed by atoms with van der Waals surface area (Å²) in [6.07, 6.45) is 7.89. The summed E-state index contributed by atoms with van der Waals surface area (Å²) in [5, 5.41) is 0.816. The predicted molar refractivity (Wildman–Crippen MR) is 157 cm³/mol. The van der Waals surface area contributed by atoms with Gasteiger partial charge in [-0.1, -0.05) is 25.7 Å². The first-order valence-corrected chi connectivity index (χ1v) is 17.2. The summed E-state index contributed by atoms with van der Waals surface area (Å²) in [5.41, 5.74) is 4.20. The van der Waals surface area contributed by atoms with Crippen molar-refractivity contribution in [1.82, 2.24) is 24.0 Å². The number of carbonyl (C=O) groups excluding carboxylic acids is 1. The SMILES string of the molecule is C=CCCn1cc(-c2cc(C(=O)N3CCOCC3)c3ncn(COCC[Si](C)(C)C)c3c2)c2cc[nH]c2c1=O. The van der Waals surface area contributed by atoms with Crippen molar-refractivity contribution in [3.63, 3.8) is 0 Å². The topological polar surface area (TPSA) is 94.4 Å². The number of imidazole rings is 1. The van der Waals surface area contributed by atoms with E-state index < -0.39 is 8.07 Å². The van der Waals surface area contributed by atoms with E-state index in [-0.39, 0.29) is 11.5 Å². The summed E-state index contributed by atoms with van der Waals surface area (Å²) < 4.78 is 15.2. The lowest BCUT2D eigenvalue weighted by Gasteiger charge is -2.27. The standard InChI is InChI=1S/C29H37N5O4Si/c1-5-6-9-33-18-24(22-7-8-30-27(22)29(33)36)21-16-23(28(35)32-10-12-37-13-11-32)26-25(17-21)34(19-31-26)20-38-14-15-39(2,3)4/h5,7-8,16-19,30H,1,6,9-15,20H2,2-4H3. The summed E-state index contributed by atoms with van der Waals surface area (Å²) in [7, 11) is -1.22. The number of morpholine rings is 1. The van der Waals surface area contributed by atoms with Crippen LogP contribution in [0.2, 0.25) is 25.7 Å². The smallest absolute Gasteiger partial charge is 0.274 e. The van der Waals surface area contributed by atoms with Crippen LogP contribution in [0, 0.1) is 0 Å². The predicted octanol–water partition coefficient (Wildman–Crippen LogP) is 4.71. The molecule has 5 rings (SSSR count). The molecule has 9 nitrogen and oxygen atoms in total. The van der Waals surface area contributed by atoms with Crippen molar-refractivity contribution in [3.05, 3.63) is 65.5 Å². The summed E-state index contributed by atoms with van der Waals surface area (Å²) in [6.45, 7) is 14.5. The monoisotopic (exact) mass is 547 g/mol. The van der Waals surface area contributed by atoms with E-state index in [0.717, 1.165) is 28.1 Å². The van der Waals surface area contributed by atoms with Gasteiger partial charge in [0.1, 0.15) is 17.8 Å². The van der Waals surface area contributed by atoms with E-state index in [2.05, 4.69) is 36.2 Å². The number of aromatic nitrogens is 4. The van der Waals surface area contributed by atoms with E-state index in [4.69, 9.17) is 9.47 Å². The van der Waals surface area contributed by atoms with Crippen LogP contribution in [0.25, 0.3) is 33.1 Å². The first-order chi connectivity index (χ1) is 18.8. The van der Waals surface area contributed by atoms with E-state index in [9.17, 15) is 9.59 Å². The molecular formula is C29H37N5O4Si. The number of aryl methyl sites for hydroxylation is 1. The third-order valence-corrected chi connectivity index (χ3v) is 8.87. The molecule has 1 aromatic carbocycles. The number of amides is 1. The largest absolute Gasteiger partial charge is 0.378 e. The van der Waals surface area contributed by atoms with Crippen molar-refractivity contribution < 1.29 is 14.3 Å². The van der Waals surface area contributed by atoms with Gasteiger partial charge in [-0.05, 0) is 36.2 Å². The number of pyridine rings is 1. The average Bonchev–Trinajstić information content (AvgIpc) is 3.58. The van der Waals surface area contributed by atoms with Gasteiger partial charge in [-0.3, -0.25) is 9.59 Å². The van der Waals surface area contributed by atoms with Crippen LogP contribution in [-0.2, 0) is 22.7 Å². The number of carbonyl (C=O) groups is 1. The fraction of sp³-hybridized carbons (Fsp3) is 0.414. The Balaban J connectivity index is 1.62. The molecule has 1 aliphatic heterocycles. The van der Waals surface area contributed by atoms with Gasteiger partial charge < -0.3 is 28.5 Å². The van der Waals surface area contributed by atoms with Crippen molar-refractivity contribution in [2.24, 2.45) is 0 Å². The second kappa shape index (κ2) is 11.3. The molecule has 39 heavy (non-hydrogen) atoms. The van der Waals surface area contributed by atoms with Crippen LogP contribution in [0.3, 0.4) is 0 Å². The number of benzene rings is 1. The second-order valence-electron chi connectivity index (χ2n) is 11.2.